The number of hydrogen-bond acceptors (Lipinski definition) is 3. The molecule has 1 N–H and O–H groups in total. The standard InChI is InChI=1S/C35H32GeN.C5H8O2.Ir/c1-35(2)32(25-14-10-7-11-15-25)23-31-30(24-12-8-6-9-13-24)21-27(22-33(31)35)34-29-17-16-28(36(3,4)5)20-26(29)18-19-37-34;1-4(6)3-5(2)7;/h6-21,23H,1-5H3;3,6H,1-2H3;/q-1;;/b;4-3-;. The number of aliphatic hydroxyl groups is 1. The van der Waals surface area contributed by atoms with E-state index in [-0.39, 0.29) is 37.1 Å². The van der Waals surface area contributed by atoms with Crippen molar-refractivity contribution in [3.63, 3.8) is 0 Å². The predicted octanol–water partition coefficient (Wildman–Crippen LogP) is 9.78. The van der Waals surface area contributed by atoms with Gasteiger partial charge in [-0.2, -0.15) is 0 Å². The van der Waals surface area contributed by atoms with Gasteiger partial charge in [-0.15, -0.1) is 0 Å². The Balaban J connectivity index is 0.000000519. The van der Waals surface area contributed by atoms with Gasteiger partial charge in [0, 0.05) is 26.2 Å². The van der Waals surface area contributed by atoms with E-state index in [1.807, 2.05) is 6.20 Å². The monoisotopic (exact) mass is 833 g/mol. The van der Waals surface area contributed by atoms with Crippen LogP contribution in [0.4, 0.5) is 0 Å². The van der Waals surface area contributed by atoms with Crippen molar-refractivity contribution < 1.29 is 30.0 Å². The molecule has 0 amide bonds. The van der Waals surface area contributed by atoms with Crippen molar-refractivity contribution in [1.29, 1.82) is 0 Å². The SMILES string of the molecule is CC(=O)/C=C(/C)O.CC1(C)C(c2ccccc2)=Cc2c1[c-]c(-c1nccc3c[c]([Ge]([CH3])([CH3])[CH3])ccc13)cc2-c1ccccc1.[Ir]. The minimum atomic E-state index is -1.94. The number of allylic oxidation sites excluding steroid dienone is 3. The molecule has 0 fully saturated rings. The smallest absolute Gasteiger partial charge is 0 e. The van der Waals surface area contributed by atoms with Crippen LogP contribution in [0.15, 0.2) is 109 Å². The Hall–Kier alpha value is -3.57. The first-order valence-corrected chi connectivity index (χ1v) is 22.4. The molecule has 45 heavy (non-hydrogen) atoms. The first-order chi connectivity index (χ1) is 20.9. The third-order valence-electron chi connectivity index (χ3n) is 8.16. The molecule has 4 aromatic carbocycles. The molecule has 1 heterocycles. The van der Waals surface area contributed by atoms with Gasteiger partial charge in [0.1, 0.15) is 0 Å². The summed E-state index contributed by atoms with van der Waals surface area (Å²) < 4.78 is 1.52. The summed E-state index contributed by atoms with van der Waals surface area (Å²) in [5, 5.41) is 10.8. The van der Waals surface area contributed by atoms with E-state index in [0.717, 1.165) is 11.3 Å². The molecule has 1 aliphatic carbocycles. The molecule has 0 aliphatic heterocycles. The molecule has 0 saturated carbocycles. The van der Waals surface area contributed by atoms with Crippen LogP contribution in [-0.4, -0.2) is 29.1 Å². The van der Waals surface area contributed by atoms with Crippen molar-refractivity contribution in [1.82, 2.24) is 4.98 Å². The van der Waals surface area contributed by atoms with Crippen LogP contribution in [0.5, 0.6) is 0 Å². The van der Waals surface area contributed by atoms with Gasteiger partial charge >= 0.3 is 206 Å². The summed E-state index contributed by atoms with van der Waals surface area (Å²) >= 11 is -1.94. The van der Waals surface area contributed by atoms with Crippen LogP contribution >= 0.6 is 0 Å². The summed E-state index contributed by atoms with van der Waals surface area (Å²) in [6.45, 7) is 7.50. The normalized spacial score (nSPS) is 13.7. The molecular formula is C40H40GeIrNO2-. The van der Waals surface area contributed by atoms with E-state index >= 15 is 0 Å². The number of carbonyl (C=O) groups excluding carboxylic acids is 1. The number of hydrogen-bond donors (Lipinski definition) is 1. The Bertz CT molecular complexity index is 1900. The first kappa shape index (κ1) is 34.3. The fourth-order valence-electron chi connectivity index (χ4n) is 5.90. The summed E-state index contributed by atoms with van der Waals surface area (Å²) in [5.74, 6) is 7.28. The average molecular weight is 832 g/mol. The molecule has 1 aliphatic rings. The number of rotatable bonds is 5. The second kappa shape index (κ2) is 13.8. The number of carbonyl (C=O) groups is 1. The van der Waals surface area contributed by atoms with Crippen LogP contribution < -0.4 is 4.40 Å². The number of aliphatic hydroxyl groups excluding tert-OH is 1. The summed E-state index contributed by atoms with van der Waals surface area (Å²) in [4.78, 5) is 14.9. The third kappa shape index (κ3) is 7.47. The zero-order chi connectivity index (χ0) is 31.6. The maximum absolute atomic E-state index is 10.0. The maximum Gasteiger partial charge on any atom is 0 e. The molecule has 6 rings (SSSR count). The topological polar surface area (TPSA) is 50.2 Å². The van der Waals surface area contributed by atoms with Crippen LogP contribution in [0.25, 0.3) is 44.8 Å². The number of benzene rings is 4. The molecule has 0 bridgehead atoms. The third-order valence-corrected chi connectivity index (χ3v) is 12.4. The number of pyridine rings is 1. The minimum Gasteiger partial charge on any atom is 0 e. The van der Waals surface area contributed by atoms with Crippen molar-refractivity contribution >= 4 is 45.9 Å². The second-order valence-electron chi connectivity index (χ2n) is 13.0. The van der Waals surface area contributed by atoms with E-state index < -0.39 is 13.3 Å². The molecule has 1 aromatic heterocycles. The van der Waals surface area contributed by atoms with Gasteiger partial charge in [-0.3, -0.25) is 4.79 Å². The van der Waals surface area contributed by atoms with E-state index in [1.165, 1.54) is 68.5 Å². The molecule has 5 heteroatoms. The Morgan fingerprint density at radius 1 is 0.867 bits per heavy atom. The van der Waals surface area contributed by atoms with Crippen molar-refractivity contribution in [2.24, 2.45) is 0 Å². The Labute approximate surface area is 283 Å². The zero-order valence-electron chi connectivity index (χ0n) is 27.0. The van der Waals surface area contributed by atoms with Gasteiger partial charge in [0.2, 0.25) is 0 Å². The molecule has 3 nitrogen and oxygen atoms in total. The fraction of sp³-hybridized carbons (Fsp3) is 0.200. The molecule has 0 unspecified atom stereocenters. The number of ketones is 1. The molecule has 5 aromatic rings. The molecular weight excluding hydrogens is 791 g/mol. The Morgan fingerprint density at radius 3 is 2.04 bits per heavy atom. The van der Waals surface area contributed by atoms with Crippen molar-refractivity contribution in [2.45, 2.75) is 50.4 Å². The molecule has 231 valence electrons. The number of fused-ring (bicyclic) bond motifs is 2. The second-order valence-corrected chi connectivity index (χ2v) is 23.7. The zero-order valence-corrected chi connectivity index (χ0v) is 31.5. The molecule has 0 saturated heterocycles. The number of nitrogens with zero attached hydrogens (tertiary/aromatic N) is 1. The summed E-state index contributed by atoms with van der Waals surface area (Å²) in [5.41, 5.74) is 9.46. The summed E-state index contributed by atoms with van der Waals surface area (Å²) in [6, 6.07) is 36.8. The van der Waals surface area contributed by atoms with Gasteiger partial charge < -0.3 is 5.11 Å². The van der Waals surface area contributed by atoms with Crippen molar-refractivity contribution in [3.05, 3.63) is 132 Å². The maximum atomic E-state index is 10.0. The van der Waals surface area contributed by atoms with E-state index in [2.05, 4.69) is 134 Å². The van der Waals surface area contributed by atoms with Gasteiger partial charge in [0.15, 0.2) is 5.78 Å². The van der Waals surface area contributed by atoms with E-state index in [9.17, 15) is 4.79 Å². The molecule has 0 spiro atoms. The minimum absolute atomic E-state index is 0. The largest absolute Gasteiger partial charge is 0 e. The Kier molecular flexibility index (Phi) is 10.5. The predicted molar refractivity (Wildman–Crippen MR) is 189 cm³/mol. The van der Waals surface area contributed by atoms with Gasteiger partial charge in [0.25, 0.3) is 0 Å². The van der Waals surface area contributed by atoms with Crippen LogP contribution in [0.2, 0.25) is 17.3 Å². The molecule has 0 atom stereocenters. The van der Waals surface area contributed by atoms with Gasteiger partial charge in [0.05, 0.1) is 5.76 Å². The quantitative estimate of drug-likeness (QED) is 0.0831. The van der Waals surface area contributed by atoms with Crippen LogP contribution in [-0.2, 0) is 30.3 Å². The van der Waals surface area contributed by atoms with Crippen LogP contribution in [0.3, 0.4) is 0 Å². The van der Waals surface area contributed by atoms with Gasteiger partial charge in [-0.1, -0.05) is 18.2 Å². The summed E-state index contributed by atoms with van der Waals surface area (Å²) in [6.07, 6.45) is 5.50. The first-order valence-electron chi connectivity index (χ1n) is 15.1. The van der Waals surface area contributed by atoms with Gasteiger partial charge in [-0.25, -0.2) is 0 Å². The van der Waals surface area contributed by atoms with E-state index in [0.29, 0.717) is 0 Å². The fourth-order valence-corrected chi connectivity index (χ4v) is 8.35. The van der Waals surface area contributed by atoms with Gasteiger partial charge in [-0.05, 0) is 13.8 Å². The summed E-state index contributed by atoms with van der Waals surface area (Å²) in [7, 11) is 0. The van der Waals surface area contributed by atoms with Crippen LogP contribution in [0.1, 0.15) is 44.4 Å². The van der Waals surface area contributed by atoms with E-state index in [1.54, 1.807) is 0 Å². The number of aromatic nitrogens is 1. The van der Waals surface area contributed by atoms with Crippen LogP contribution in [0, 0.1) is 6.07 Å². The average Bonchev–Trinajstić information content (AvgIpc) is 3.26. The molecule has 1 radical (unpaired) electrons. The van der Waals surface area contributed by atoms with E-state index in [4.69, 9.17) is 10.1 Å². The van der Waals surface area contributed by atoms with Crippen molar-refractivity contribution in [2.75, 3.05) is 0 Å². The van der Waals surface area contributed by atoms with Crippen molar-refractivity contribution in [3.8, 4) is 22.4 Å². The Morgan fingerprint density at radius 2 is 1.49 bits per heavy atom.